The second kappa shape index (κ2) is 9.88. The van der Waals surface area contributed by atoms with Crippen LogP contribution < -0.4 is 24.4 Å². The monoisotopic (exact) mass is 386 g/mol. The van der Waals surface area contributed by atoms with Gasteiger partial charge in [-0.15, -0.1) is 0 Å². The number of carbonyl (C=O) groups is 1. The summed E-state index contributed by atoms with van der Waals surface area (Å²) in [5, 5.41) is 2.92. The number of amides is 1. The Morgan fingerprint density at radius 1 is 0.929 bits per heavy atom. The Bertz CT molecular complexity index is 775. The highest BCUT2D eigenvalue weighted by Crippen LogP contribution is 2.39. The summed E-state index contributed by atoms with van der Waals surface area (Å²) in [5.74, 6) is 1.43. The summed E-state index contributed by atoms with van der Waals surface area (Å²) in [6.07, 6.45) is 0.373. The van der Waals surface area contributed by atoms with Crippen LogP contribution in [-0.2, 0) is 4.79 Å². The van der Waals surface area contributed by atoms with Crippen molar-refractivity contribution in [2.75, 3.05) is 44.6 Å². The van der Waals surface area contributed by atoms with E-state index in [0.717, 1.165) is 12.2 Å². The first-order valence-electron chi connectivity index (χ1n) is 9.34. The van der Waals surface area contributed by atoms with Gasteiger partial charge in [0.15, 0.2) is 11.5 Å². The molecule has 2 rings (SSSR count). The maximum Gasteiger partial charge on any atom is 0.226 e. The number of hydrogen-bond donors (Lipinski definition) is 1. The van der Waals surface area contributed by atoms with E-state index in [4.69, 9.17) is 14.2 Å². The lowest BCUT2D eigenvalue weighted by atomic mass is 10.1. The zero-order valence-electron chi connectivity index (χ0n) is 17.6. The van der Waals surface area contributed by atoms with Gasteiger partial charge in [-0.2, -0.15) is 0 Å². The molecular formula is C22H30N2O4. The molecule has 2 aromatic rings. The van der Waals surface area contributed by atoms with E-state index >= 15 is 0 Å². The summed E-state index contributed by atoms with van der Waals surface area (Å²) in [7, 11) is 4.64. The van der Waals surface area contributed by atoms with Crippen molar-refractivity contribution in [3.63, 3.8) is 0 Å². The first-order valence-corrected chi connectivity index (χ1v) is 9.34. The average molecular weight is 386 g/mol. The third-order valence-corrected chi connectivity index (χ3v) is 4.51. The van der Waals surface area contributed by atoms with Crippen molar-refractivity contribution in [2.45, 2.75) is 27.2 Å². The predicted molar refractivity (Wildman–Crippen MR) is 113 cm³/mol. The molecule has 0 aliphatic rings. The third kappa shape index (κ3) is 5.31. The first-order chi connectivity index (χ1) is 13.4. The van der Waals surface area contributed by atoms with Crippen LogP contribution in [0.15, 0.2) is 30.3 Å². The molecule has 152 valence electrons. The van der Waals surface area contributed by atoms with E-state index < -0.39 is 0 Å². The molecule has 0 aromatic heterocycles. The summed E-state index contributed by atoms with van der Waals surface area (Å²) >= 11 is 0. The number of hydrogen-bond acceptors (Lipinski definition) is 5. The van der Waals surface area contributed by atoms with Crippen LogP contribution in [0.2, 0.25) is 0 Å². The summed E-state index contributed by atoms with van der Waals surface area (Å²) in [4.78, 5) is 14.7. The highest BCUT2D eigenvalue weighted by molar-refractivity contribution is 5.92. The molecule has 0 spiro atoms. The molecule has 1 N–H and O–H groups in total. The van der Waals surface area contributed by atoms with Gasteiger partial charge in [-0.25, -0.2) is 0 Å². The van der Waals surface area contributed by atoms with Gasteiger partial charge in [-0.3, -0.25) is 4.79 Å². The fourth-order valence-corrected chi connectivity index (χ4v) is 3.22. The van der Waals surface area contributed by atoms with Crippen molar-refractivity contribution < 1.29 is 19.0 Å². The second-order valence-corrected chi connectivity index (χ2v) is 6.64. The summed E-state index contributed by atoms with van der Waals surface area (Å²) in [6.45, 7) is 7.73. The highest BCUT2D eigenvalue weighted by Gasteiger charge is 2.15. The van der Waals surface area contributed by atoms with Gasteiger partial charge in [0, 0.05) is 43.0 Å². The van der Waals surface area contributed by atoms with Gasteiger partial charge in [0.05, 0.1) is 21.3 Å². The fraction of sp³-hybridized carbons (Fsp3) is 0.409. The summed E-state index contributed by atoms with van der Waals surface area (Å²) in [6, 6.07) is 9.89. The van der Waals surface area contributed by atoms with E-state index in [1.807, 2.05) is 0 Å². The zero-order valence-corrected chi connectivity index (χ0v) is 17.6. The smallest absolute Gasteiger partial charge is 0.226 e. The SMILES string of the molecule is CCN(CCC(=O)Nc1cc(OC)c(OC)c(OC)c1)c1cc(C)cc(C)c1. The summed E-state index contributed by atoms with van der Waals surface area (Å²) in [5.41, 5.74) is 4.18. The molecule has 0 saturated heterocycles. The Labute approximate surface area is 167 Å². The quantitative estimate of drug-likeness (QED) is 0.700. The number of rotatable bonds is 9. The first kappa shape index (κ1) is 21.4. The number of aryl methyl sites for hydroxylation is 2. The van der Waals surface area contributed by atoms with Crippen molar-refractivity contribution in [3.8, 4) is 17.2 Å². The molecule has 0 atom stereocenters. The highest BCUT2D eigenvalue weighted by atomic mass is 16.5. The Morgan fingerprint density at radius 2 is 1.50 bits per heavy atom. The van der Waals surface area contributed by atoms with Crippen LogP contribution in [0.3, 0.4) is 0 Å². The van der Waals surface area contributed by atoms with Gasteiger partial charge >= 0.3 is 0 Å². The van der Waals surface area contributed by atoms with Crippen molar-refractivity contribution in [1.82, 2.24) is 0 Å². The molecule has 0 fully saturated rings. The van der Waals surface area contributed by atoms with Crippen LogP contribution in [0.5, 0.6) is 17.2 Å². The van der Waals surface area contributed by atoms with Crippen LogP contribution in [0.1, 0.15) is 24.5 Å². The lowest BCUT2D eigenvalue weighted by Crippen LogP contribution is -2.27. The maximum absolute atomic E-state index is 12.5. The molecule has 2 aromatic carbocycles. The Morgan fingerprint density at radius 3 is 1.96 bits per heavy atom. The van der Waals surface area contributed by atoms with Crippen molar-refractivity contribution in [1.29, 1.82) is 0 Å². The number of ether oxygens (including phenoxy) is 3. The molecule has 0 radical (unpaired) electrons. The molecule has 0 aliphatic heterocycles. The predicted octanol–water partition coefficient (Wildman–Crippen LogP) is 4.18. The van der Waals surface area contributed by atoms with Crippen molar-refractivity contribution in [3.05, 3.63) is 41.5 Å². The van der Waals surface area contributed by atoms with Gasteiger partial charge in [0.2, 0.25) is 11.7 Å². The van der Waals surface area contributed by atoms with Gasteiger partial charge in [-0.1, -0.05) is 6.07 Å². The molecule has 6 nitrogen and oxygen atoms in total. The Kier molecular flexibility index (Phi) is 7.55. The topological polar surface area (TPSA) is 60.0 Å². The minimum atomic E-state index is -0.0721. The van der Waals surface area contributed by atoms with Crippen LogP contribution in [-0.4, -0.2) is 40.3 Å². The molecule has 0 heterocycles. The van der Waals surface area contributed by atoms with Crippen LogP contribution >= 0.6 is 0 Å². The molecule has 0 unspecified atom stereocenters. The normalized spacial score (nSPS) is 10.4. The van der Waals surface area contributed by atoms with Gasteiger partial charge < -0.3 is 24.4 Å². The van der Waals surface area contributed by atoms with Crippen LogP contribution in [0.25, 0.3) is 0 Å². The number of benzene rings is 2. The minimum absolute atomic E-state index is 0.0721. The van der Waals surface area contributed by atoms with Crippen LogP contribution in [0, 0.1) is 13.8 Å². The lowest BCUT2D eigenvalue weighted by molar-refractivity contribution is -0.116. The number of anilines is 2. The molecule has 28 heavy (non-hydrogen) atoms. The van der Waals surface area contributed by atoms with Crippen molar-refractivity contribution >= 4 is 17.3 Å². The van der Waals surface area contributed by atoms with Crippen molar-refractivity contribution in [2.24, 2.45) is 0 Å². The number of methoxy groups -OCH3 is 3. The molecule has 0 saturated carbocycles. The van der Waals surface area contributed by atoms with Gasteiger partial charge in [0.1, 0.15) is 0 Å². The zero-order chi connectivity index (χ0) is 20.7. The average Bonchev–Trinajstić information content (AvgIpc) is 2.66. The summed E-state index contributed by atoms with van der Waals surface area (Å²) < 4.78 is 16.0. The van der Waals surface area contributed by atoms with E-state index in [1.54, 1.807) is 33.5 Å². The van der Waals surface area contributed by atoms with E-state index in [0.29, 0.717) is 35.9 Å². The standard InChI is InChI=1S/C22H30N2O4/c1-7-24(18-11-15(2)10-16(3)12-18)9-8-21(25)23-17-13-19(26-4)22(28-6)20(14-17)27-5/h10-14H,7-9H2,1-6H3,(H,23,25). The van der Waals surface area contributed by atoms with E-state index in [-0.39, 0.29) is 5.91 Å². The third-order valence-electron chi connectivity index (χ3n) is 4.51. The van der Waals surface area contributed by atoms with E-state index in [9.17, 15) is 4.79 Å². The Balaban J connectivity index is 2.07. The molecule has 0 bridgehead atoms. The number of nitrogens with zero attached hydrogens (tertiary/aromatic N) is 1. The van der Waals surface area contributed by atoms with E-state index in [1.165, 1.54) is 11.1 Å². The van der Waals surface area contributed by atoms with Gasteiger partial charge in [0.25, 0.3) is 0 Å². The number of carbonyl (C=O) groups excluding carboxylic acids is 1. The second-order valence-electron chi connectivity index (χ2n) is 6.64. The fourth-order valence-electron chi connectivity index (χ4n) is 3.22. The Hall–Kier alpha value is -2.89. The largest absolute Gasteiger partial charge is 0.493 e. The molecule has 0 aliphatic carbocycles. The molecule has 6 heteroatoms. The lowest BCUT2D eigenvalue weighted by Gasteiger charge is -2.24. The van der Waals surface area contributed by atoms with E-state index in [2.05, 4.69) is 49.2 Å². The molecular weight excluding hydrogens is 356 g/mol. The van der Waals surface area contributed by atoms with Crippen LogP contribution in [0.4, 0.5) is 11.4 Å². The minimum Gasteiger partial charge on any atom is -0.493 e. The maximum atomic E-state index is 12.5. The molecule has 1 amide bonds. The number of nitrogens with one attached hydrogen (secondary N) is 1. The van der Waals surface area contributed by atoms with Gasteiger partial charge in [-0.05, 0) is 44.0 Å².